The number of aromatic nitrogens is 7. The van der Waals surface area contributed by atoms with Crippen molar-refractivity contribution in [2.45, 2.75) is 0 Å². The Kier molecular flexibility index (Phi) is 4.11. The van der Waals surface area contributed by atoms with Gasteiger partial charge in [-0.05, 0) is 18.2 Å². The molecule has 128 valence electrons. The highest BCUT2D eigenvalue weighted by Gasteiger charge is 2.18. The lowest BCUT2D eigenvalue weighted by atomic mass is 10.3. The maximum Gasteiger partial charge on any atom is 0.277 e. The highest BCUT2D eigenvalue weighted by Crippen LogP contribution is 2.23. The molecule has 0 aliphatic carbocycles. The molecule has 0 atom stereocenters. The molecule has 4 aromatic heterocycles. The van der Waals surface area contributed by atoms with Gasteiger partial charge in [-0.15, -0.1) is 16.4 Å². The van der Waals surface area contributed by atoms with Crippen LogP contribution in [-0.4, -0.2) is 40.8 Å². The number of carbonyl (C=O) groups excluding carboxylic acids is 1. The van der Waals surface area contributed by atoms with E-state index in [-0.39, 0.29) is 11.6 Å². The van der Waals surface area contributed by atoms with Crippen molar-refractivity contribution in [3.05, 3.63) is 59.9 Å². The van der Waals surface area contributed by atoms with Gasteiger partial charge in [0, 0.05) is 17.8 Å². The number of halogens is 1. The number of carbonyl (C=O) groups is 1. The average Bonchev–Trinajstić information content (AvgIpc) is 3.32. The van der Waals surface area contributed by atoms with Gasteiger partial charge in [-0.3, -0.25) is 15.1 Å². The van der Waals surface area contributed by atoms with Gasteiger partial charge in [-0.25, -0.2) is 19.3 Å². The number of anilines is 1. The third-order valence-corrected chi connectivity index (χ3v) is 4.00. The molecule has 0 aliphatic heterocycles. The van der Waals surface area contributed by atoms with Crippen molar-refractivity contribution in [2.24, 2.45) is 0 Å². The zero-order chi connectivity index (χ0) is 17.9. The first-order chi connectivity index (χ1) is 12.7. The van der Waals surface area contributed by atoms with Crippen LogP contribution in [0.15, 0.2) is 48.4 Å². The summed E-state index contributed by atoms with van der Waals surface area (Å²) < 4.78 is 14.2. The molecule has 1 amide bonds. The van der Waals surface area contributed by atoms with Gasteiger partial charge in [0.25, 0.3) is 11.9 Å². The molecule has 0 saturated heterocycles. The van der Waals surface area contributed by atoms with Gasteiger partial charge in [-0.1, -0.05) is 5.21 Å². The fraction of sp³-hybridized carbons (Fsp3) is 0. The predicted molar refractivity (Wildman–Crippen MR) is 90.2 cm³/mol. The van der Waals surface area contributed by atoms with E-state index >= 15 is 0 Å². The quantitative estimate of drug-likeness (QED) is 0.586. The van der Waals surface area contributed by atoms with E-state index < -0.39 is 11.7 Å². The lowest BCUT2D eigenvalue weighted by Crippen LogP contribution is -2.18. The largest absolute Gasteiger partial charge is 0.296 e. The fourth-order valence-electron chi connectivity index (χ4n) is 2.08. The first kappa shape index (κ1) is 15.9. The minimum absolute atomic E-state index is 0.160. The topological polar surface area (TPSA) is 111 Å². The van der Waals surface area contributed by atoms with Gasteiger partial charge in [0.05, 0.1) is 18.1 Å². The third-order valence-electron chi connectivity index (χ3n) is 3.24. The summed E-state index contributed by atoms with van der Waals surface area (Å²) in [5.74, 6) is -0.665. The molecule has 0 aromatic carbocycles. The average molecular weight is 368 g/mol. The summed E-state index contributed by atoms with van der Waals surface area (Å²) in [5, 5.41) is 12.3. The van der Waals surface area contributed by atoms with Crippen LogP contribution < -0.4 is 5.32 Å². The molecule has 0 bridgehead atoms. The maximum atomic E-state index is 13.0. The molecule has 0 saturated carbocycles. The van der Waals surface area contributed by atoms with Crippen LogP contribution in [0.1, 0.15) is 10.5 Å². The normalized spacial score (nSPS) is 10.7. The van der Waals surface area contributed by atoms with Gasteiger partial charge < -0.3 is 0 Å². The Morgan fingerprint density at radius 2 is 1.96 bits per heavy atom. The minimum atomic E-state index is -0.463. The van der Waals surface area contributed by atoms with Crippen molar-refractivity contribution >= 4 is 22.4 Å². The summed E-state index contributed by atoms with van der Waals surface area (Å²) in [6.07, 6.45) is 5.49. The highest BCUT2D eigenvalue weighted by atomic mass is 32.1. The molecule has 4 rings (SSSR count). The molecule has 0 spiro atoms. The van der Waals surface area contributed by atoms with Crippen LogP contribution in [0.25, 0.3) is 17.3 Å². The second-order valence-corrected chi connectivity index (χ2v) is 5.79. The first-order valence-electron chi connectivity index (χ1n) is 7.27. The Labute approximate surface area is 149 Å². The molecule has 0 unspecified atom stereocenters. The van der Waals surface area contributed by atoms with Crippen LogP contribution in [0.2, 0.25) is 0 Å². The third kappa shape index (κ3) is 3.15. The van der Waals surface area contributed by atoms with Gasteiger partial charge in [0.2, 0.25) is 0 Å². The van der Waals surface area contributed by atoms with Crippen LogP contribution >= 0.6 is 11.3 Å². The van der Waals surface area contributed by atoms with Gasteiger partial charge in [-0.2, -0.15) is 4.68 Å². The lowest BCUT2D eigenvalue weighted by molar-refractivity contribution is 0.101. The zero-order valence-corrected chi connectivity index (χ0v) is 13.8. The van der Waals surface area contributed by atoms with E-state index in [2.05, 4.69) is 35.6 Å². The molecular weight excluding hydrogens is 359 g/mol. The standard InChI is InChI=1S/C15H9FN8OS/c16-9-2-3-10(19-6-9)11-8-26-15(21-11)22-13(25)12-7-20-23-24(12)14-17-4-1-5-18-14/h1-8H,(H,21,22,25). The Morgan fingerprint density at radius 3 is 2.73 bits per heavy atom. The Balaban J connectivity index is 1.55. The maximum absolute atomic E-state index is 13.0. The van der Waals surface area contributed by atoms with Crippen LogP contribution in [0.3, 0.4) is 0 Å². The number of thiazole rings is 1. The van der Waals surface area contributed by atoms with E-state index in [9.17, 15) is 9.18 Å². The molecule has 9 nitrogen and oxygen atoms in total. The van der Waals surface area contributed by atoms with Crippen LogP contribution in [-0.2, 0) is 0 Å². The molecule has 0 aliphatic rings. The van der Waals surface area contributed by atoms with Crippen molar-refractivity contribution in [1.82, 2.24) is 34.9 Å². The highest BCUT2D eigenvalue weighted by molar-refractivity contribution is 7.14. The smallest absolute Gasteiger partial charge is 0.277 e. The van der Waals surface area contributed by atoms with E-state index in [4.69, 9.17) is 0 Å². The van der Waals surface area contributed by atoms with Crippen molar-refractivity contribution < 1.29 is 9.18 Å². The number of nitrogens with zero attached hydrogens (tertiary/aromatic N) is 7. The van der Waals surface area contributed by atoms with Gasteiger partial charge in [0.1, 0.15) is 11.5 Å². The van der Waals surface area contributed by atoms with Crippen molar-refractivity contribution in [1.29, 1.82) is 0 Å². The van der Waals surface area contributed by atoms with Crippen LogP contribution in [0.4, 0.5) is 9.52 Å². The van der Waals surface area contributed by atoms with Crippen molar-refractivity contribution in [3.63, 3.8) is 0 Å². The first-order valence-corrected chi connectivity index (χ1v) is 8.15. The van der Waals surface area contributed by atoms with E-state index in [1.165, 1.54) is 46.7 Å². The molecule has 4 heterocycles. The summed E-state index contributed by atoms with van der Waals surface area (Å²) in [6, 6.07) is 4.46. The summed E-state index contributed by atoms with van der Waals surface area (Å²) in [7, 11) is 0. The predicted octanol–water partition coefficient (Wildman–Crippen LogP) is 1.97. The monoisotopic (exact) mass is 368 g/mol. The molecule has 4 aromatic rings. The molecular formula is C15H9FN8OS. The SMILES string of the molecule is O=C(Nc1nc(-c2ccc(F)cn2)cs1)c1cnnn1-c1ncccn1. The molecule has 11 heteroatoms. The summed E-state index contributed by atoms with van der Waals surface area (Å²) in [4.78, 5) is 28.8. The second kappa shape index (κ2) is 6.72. The summed E-state index contributed by atoms with van der Waals surface area (Å²) in [5.41, 5.74) is 1.20. The van der Waals surface area contributed by atoms with E-state index in [1.807, 2.05) is 0 Å². The van der Waals surface area contributed by atoms with E-state index in [0.717, 1.165) is 6.20 Å². The number of nitrogens with one attached hydrogen (secondary N) is 1. The van der Waals surface area contributed by atoms with Gasteiger partial charge >= 0.3 is 0 Å². The summed E-state index contributed by atoms with van der Waals surface area (Å²) in [6.45, 7) is 0. The van der Waals surface area contributed by atoms with Crippen LogP contribution in [0.5, 0.6) is 0 Å². The molecule has 26 heavy (non-hydrogen) atoms. The van der Waals surface area contributed by atoms with E-state index in [0.29, 0.717) is 16.5 Å². The van der Waals surface area contributed by atoms with E-state index in [1.54, 1.807) is 11.4 Å². The molecule has 0 radical (unpaired) electrons. The second-order valence-electron chi connectivity index (χ2n) is 4.93. The Hall–Kier alpha value is -3.60. The van der Waals surface area contributed by atoms with Crippen LogP contribution in [0, 0.1) is 5.82 Å². The van der Waals surface area contributed by atoms with Gasteiger partial charge in [0.15, 0.2) is 10.8 Å². The minimum Gasteiger partial charge on any atom is -0.296 e. The number of pyridine rings is 1. The Bertz CT molecular complexity index is 1050. The van der Waals surface area contributed by atoms with Crippen molar-refractivity contribution in [2.75, 3.05) is 5.32 Å². The Morgan fingerprint density at radius 1 is 1.12 bits per heavy atom. The number of hydrogen-bond acceptors (Lipinski definition) is 8. The number of amides is 1. The summed E-state index contributed by atoms with van der Waals surface area (Å²) >= 11 is 1.22. The lowest BCUT2D eigenvalue weighted by Gasteiger charge is -2.03. The number of rotatable bonds is 4. The number of hydrogen-bond donors (Lipinski definition) is 1. The molecule has 0 fully saturated rings. The molecule has 1 N–H and O–H groups in total. The zero-order valence-electron chi connectivity index (χ0n) is 12.9. The van der Waals surface area contributed by atoms with Crippen molar-refractivity contribution in [3.8, 4) is 17.3 Å². The fourth-order valence-corrected chi connectivity index (χ4v) is 2.77.